The Balaban J connectivity index is 2.03. The summed E-state index contributed by atoms with van der Waals surface area (Å²) >= 11 is 0. The average molecular weight is 311 g/mol. The molecule has 0 aliphatic carbocycles. The van der Waals surface area contributed by atoms with Crippen molar-refractivity contribution in [2.75, 3.05) is 0 Å². The molecule has 0 fully saturated rings. The van der Waals surface area contributed by atoms with Gasteiger partial charge >= 0.3 is 0 Å². The normalized spacial score (nSPS) is 13.2. The molecule has 0 bridgehead atoms. The summed E-state index contributed by atoms with van der Waals surface area (Å²) in [5.41, 5.74) is 3.27. The van der Waals surface area contributed by atoms with Gasteiger partial charge in [-0.05, 0) is 49.9 Å². The first-order valence-corrected chi connectivity index (χ1v) is 8.10. The molecule has 3 nitrogen and oxygen atoms in total. The topological polar surface area (TPSA) is 38.3 Å². The van der Waals surface area contributed by atoms with E-state index in [-0.39, 0.29) is 11.9 Å². The first-order valence-electron chi connectivity index (χ1n) is 8.10. The predicted octanol–water partition coefficient (Wildman–Crippen LogP) is 4.34. The van der Waals surface area contributed by atoms with Gasteiger partial charge in [0.1, 0.15) is 5.75 Å². The minimum absolute atomic E-state index is 0.00774. The Kier molecular flexibility index (Phi) is 5.80. The van der Waals surface area contributed by atoms with E-state index in [0.29, 0.717) is 0 Å². The zero-order valence-electron chi connectivity index (χ0n) is 14.3. The number of nitrogens with one attached hydrogen (secondary N) is 1. The molecule has 2 aromatic rings. The van der Waals surface area contributed by atoms with Crippen LogP contribution >= 0.6 is 0 Å². The lowest BCUT2D eigenvalue weighted by Crippen LogP contribution is -2.38. The number of hydrogen-bond donors (Lipinski definition) is 1. The maximum atomic E-state index is 12.5. The van der Waals surface area contributed by atoms with Crippen LogP contribution in [0.5, 0.6) is 5.75 Å². The lowest BCUT2D eigenvalue weighted by molar-refractivity contribution is -0.128. The van der Waals surface area contributed by atoms with Gasteiger partial charge in [0.2, 0.25) is 0 Å². The number of carbonyl (C=O) groups excluding carboxylic acids is 1. The summed E-state index contributed by atoms with van der Waals surface area (Å²) in [6.07, 6.45) is 0.305. The van der Waals surface area contributed by atoms with Gasteiger partial charge in [-0.25, -0.2) is 0 Å². The smallest absolute Gasteiger partial charge is 0.261 e. The molecular formula is C20H25NO2. The molecule has 0 unspecified atom stereocenters. The second-order valence-corrected chi connectivity index (χ2v) is 5.91. The zero-order chi connectivity index (χ0) is 16.8. The summed E-state index contributed by atoms with van der Waals surface area (Å²) in [4.78, 5) is 12.5. The van der Waals surface area contributed by atoms with Crippen molar-refractivity contribution in [3.05, 3.63) is 65.2 Å². The Morgan fingerprint density at radius 1 is 1.13 bits per heavy atom. The number of carbonyl (C=O) groups is 1. The van der Waals surface area contributed by atoms with E-state index in [1.807, 2.05) is 62.4 Å². The van der Waals surface area contributed by atoms with E-state index >= 15 is 0 Å². The van der Waals surface area contributed by atoms with Crippen molar-refractivity contribution in [1.82, 2.24) is 5.32 Å². The fraction of sp³-hybridized carbons (Fsp3) is 0.350. The standard InChI is InChI=1S/C20H25NO2/c1-5-18(17-9-7-6-8-10-17)21-20(22)16(4)23-19-13-14(2)11-12-15(19)3/h6-13,16,18H,5H2,1-4H3,(H,21,22)/t16-,18-/m1/s1. The molecule has 23 heavy (non-hydrogen) atoms. The molecule has 1 N–H and O–H groups in total. The van der Waals surface area contributed by atoms with Gasteiger partial charge in [-0.1, -0.05) is 49.4 Å². The number of amides is 1. The lowest BCUT2D eigenvalue weighted by Gasteiger charge is -2.21. The van der Waals surface area contributed by atoms with Gasteiger partial charge in [0.05, 0.1) is 6.04 Å². The molecule has 0 spiro atoms. The van der Waals surface area contributed by atoms with Crippen molar-refractivity contribution in [3.63, 3.8) is 0 Å². The largest absolute Gasteiger partial charge is 0.481 e. The first kappa shape index (κ1) is 17.1. The summed E-state index contributed by atoms with van der Waals surface area (Å²) in [6.45, 7) is 7.85. The fourth-order valence-corrected chi connectivity index (χ4v) is 2.47. The second kappa shape index (κ2) is 7.82. The van der Waals surface area contributed by atoms with E-state index in [1.165, 1.54) is 0 Å². The number of benzene rings is 2. The van der Waals surface area contributed by atoms with Gasteiger partial charge in [-0.2, -0.15) is 0 Å². The van der Waals surface area contributed by atoms with Crippen LogP contribution in [0, 0.1) is 13.8 Å². The number of rotatable bonds is 6. The van der Waals surface area contributed by atoms with Crippen LogP contribution in [0.3, 0.4) is 0 Å². The molecule has 3 heteroatoms. The van der Waals surface area contributed by atoms with Crippen molar-refractivity contribution in [3.8, 4) is 5.75 Å². The number of hydrogen-bond acceptors (Lipinski definition) is 2. The highest BCUT2D eigenvalue weighted by molar-refractivity contribution is 5.81. The molecule has 0 aliphatic rings. The molecule has 1 amide bonds. The Bertz CT molecular complexity index is 652. The average Bonchev–Trinajstić information content (AvgIpc) is 2.56. The lowest BCUT2D eigenvalue weighted by atomic mass is 10.0. The van der Waals surface area contributed by atoms with Crippen molar-refractivity contribution in [2.45, 2.75) is 46.3 Å². The summed E-state index contributed by atoms with van der Waals surface area (Å²) < 4.78 is 5.86. The maximum absolute atomic E-state index is 12.5. The molecule has 0 saturated carbocycles. The first-order chi connectivity index (χ1) is 11.0. The molecule has 2 atom stereocenters. The van der Waals surface area contributed by atoms with Crippen LogP contribution in [0.15, 0.2) is 48.5 Å². The summed E-state index contributed by atoms with van der Waals surface area (Å²) in [6, 6.07) is 16.0. The van der Waals surface area contributed by atoms with Gasteiger partial charge in [0.15, 0.2) is 6.10 Å². The van der Waals surface area contributed by atoms with E-state index in [0.717, 1.165) is 28.9 Å². The highest BCUT2D eigenvalue weighted by Crippen LogP contribution is 2.21. The second-order valence-electron chi connectivity index (χ2n) is 5.91. The van der Waals surface area contributed by atoms with Crippen LogP contribution in [0.4, 0.5) is 0 Å². The molecule has 2 rings (SSSR count). The Labute approximate surface area is 138 Å². The number of ether oxygens (including phenoxy) is 1. The fourth-order valence-electron chi connectivity index (χ4n) is 2.47. The van der Waals surface area contributed by atoms with Crippen molar-refractivity contribution in [1.29, 1.82) is 0 Å². The highest BCUT2D eigenvalue weighted by Gasteiger charge is 2.19. The molecule has 0 heterocycles. The van der Waals surface area contributed by atoms with Crippen molar-refractivity contribution < 1.29 is 9.53 Å². The predicted molar refractivity (Wildman–Crippen MR) is 93.6 cm³/mol. The van der Waals surface area contributed by atoms with Crippen molar-refractivity contribution >= 4 is 5.91 Å². The Hall–Kier alpha value is -2.29. The van der Waals surface area contributed by atoms with Gasteiger partial charge in [0, 0.05) is 0 Å². The molecule has 0 aromatic heterocycles. The zero-order valence-corrected chi connectivity index (χ0v) is 14.3. The molecule has 0 saturated heterocycles. The van der Waals surface area contributed by atoms with Crippen LogP contribution in [0.25, 0.3) is 0 Å². The van der Waals surface area contributed by atoms with Crippen LogP contribution in [-0.2, 0) is 4.79 Å². The highest BCUT2D eigenvalue weighted by atomic mass is 16.5. The van der Waals surface area contributed by atoms with E-state index in [9.17, 15) is 4.79 Å². The van der Waals surface area contributed by atoms with Crippen LogP contribution in [-0.4, -0.2) is 12.0 Å². The molecule has 0 radical (unpaired) electrons. The molecule has 2 aromatic carbocycles. The quantitative estimate of drug-likeness (QED) is 0.862. The van der Waals surface area contributed by atoms with Crippen molar-refractivity contribution in [2.24, 2.45) is 0 Å². The van der Waals surface area contributed by atoms with Gasteiger partial charge in [-0.15, -0.1) is 0 Å². The minimum Gasteiger partial charge on any atom is -0.481 e. The van der Waals surface area contributed by atoms with E-state index < -0.39 is 6.10 Å². The minimum atomic E-state index is -0.534. The number of aryl methyl sites for hydroxylation is 2. The van der Waals surface area contributed by atoms with E-state index in [1.54, 1.807) is 6.92 Å². The van der Waals surface area contributed by atoms with Gasteiger partial charge in [-0.3, -0.25) is 4.79 Å². The van der Waals surface area contributed by atoms with Gasteiger partial charge < -0.3 is 10.1 Å². The molecular weight excluding hydrogens is 286 g/mol. The SMILES string of the molecule is CC[C@@H](NC(=O)[C@@H](C)Oc1cc(C)ccc1C)c1ccccc1. The third-order valence-electron chi connectivity index (χ3n) is 3.94. The summed E-state index contributed by atoms with van der Waals surface area (Å²) in [7, 11) is 0. The van der Waals surface area contributed by atoms with E-state index in [2.05, 4.69) is 12.2 Å². The molecule has 0 aliphatic heterocycles. The van der Waals surface area contributed by atoms with Crippen LogP contribution in [0.1, 0.15) is 43.0 Å². The molecule has 122 valence electrons. The Morgan fingerprint density at radius 2 is 1.83 bits per heavy atom. The summed E-state index contributed by atoms with van der Waals surface area (Å²) in [5.74, 6) is 0.669. The van der Waals surface area contributed by atoms with Crippen LogP contribution in [0.2, 0.25) is 0 Å². The third-order valence-corrected chi connectivity index (χ3v) is 3.94. The van der Waals surface area contributed by atoms with E-state index in [4.69, 9.17) is 4.74 Å². The Morgan fingerprint density at radius 3 is 2.48 bits per heavy atom. The third kappa shape index (κ3) is 4.59. The maximum Gasteiger partial charge on any atom is 0.261 e. The summed E-state index contributed by atoms with van der Waals surface area (Å²) in [5, 5.41) is 3.07. The van der Waals surface area contributed by atoms with Gasteiger partial charge in [0.25, 0.3) is 5.91 Å². The van der Waals surface area contributed by atoms with Crippen LogP contribution < -0.4 is 10.1 Å². The monoisotopic (exact) mass is 311 g/mol.